The second kappa shape index (κ2) is 8.40. The van der Waals surface area contributed by atoms with E-state index in [1.165, 1.54) is 5.46 Å². The summed E-state index contributed by atoms with van der Waals surface area (Å²) in [5.41, 5.74) is 1.27. The van der Waals surface area contributed by atoms with Gasteiger partial charge in [0.05, 0.1) is 0 Å². The van der Waals surface area contributed by atoms with E-state index in [1.54, 1.807) is 0 Å². The Morgan fingerprint density at radius 1 is 0.875 bits per heavy atom. The summed E-state index contributed by atoms with van der Waals surface area (Å²) in [5.74, 6) is 0. The van der Waals surface area contributed by atoms with Gasteiger partial charge in [-0.2, -0.15) is 0 Å². The van der Waals surface area contributed by atoms with Gasteiger partial charge < -0.3 is 4.81 Å². The van der Waals surface area contributed by atoms with Gasteiger partial charge in [-0.25, -0.2) is 0 Å². The van der Waals surface area contributed by atoms with Gasteiger partial charge in [-0.1, -0.05) is 77.3 Å². The van der Waals surface area contributed by atoms with Crippen molar-refractivity contribution in [3.63, 3.8) is 0 Å². The molecule has 0 saturated carbocycles. The summed E-state index contributed by atoms with van der Waals surface area (Å²) in [4.78, 5) is 2.37. The van der Waals surface area contributed by atoms with E-state index in [2.05, 4.69) is 64.2 Å². The monoisotopic (exact) mass is 218 g/mol. The van der Waals surface area contributed by atoms with Crippen LogP contribution in [-0.2, 0) is 0 Å². The summed E-state index contributed by atoms with van der Waals surface area (Å²) < 4.78 is 0. The van der Waals surface area contributed by atoms with Gasteiger partial charge in [0.1, 0.15) is 0 Å². The lowest BCUT2D eigenvalue weighted by Crippen LogP contribution is -2.44. The average molecular weight is 218 g/mol. The molecule has 0 atom stereocenters. The Labute approximate surface area is 102 Å². The Hall–Kier alpha value is -0.755. The van der Waals surface area contributed by atoms with E-state index >= 15 is 0 Å². The lowest BCUT2D eigenvalue weighted by atomic mass is 9.78. The van der Waals surface area contributed by atoms with E-state index in [1.807, 2.05) is 19.9 Å². The first-order chi connectivity index (χ1) is 7.61. The van der Waals surface area contributed by atoms with Gasteiger partial charge in [0.15, 0.2) is 0 Å². The molecule has 0 amide bonds. The molecular weight excluding hydrogens is 193 g/mol. The largest absolute Gasteiger partial charge is 0.338 e. The average Bonchev–Trinajstić information content (AvgIpc) is 2.29. The zero-order valence-corrected chi connectivity index (χ0v) is 11.6. The fourth-order valence-electron chi connectivity index (χ4n) is 1.61. The number of hydrogen-bond donors (Lipinski definition) is 0. The van der Waals surface area contributed by atoms with Crippen LogP contribution in [0.1, 0.15) is 41.5 Å². The molecule has 0 bridgehead atoms. The first-order valence-corrected chi connectivity index (χ1v) is 6.28. The third kappa shape index (κ3) is 5.36. The maximum absolute atomic E-state index is 2.37. The summed E-state index contributed by atoms with van der Waals surface area (Å²) in [7, 11) is 2.23. The zero-order valence-electron chi connectivity index (χ0n) is 11.6. The minimum absolute atomic E-state index is 0.551. The predicted molar refractivity (Wildman–Crippen MR) is 75.3 cm³/mol. The quantitative estimate of drug-likeness (QED) is 0.702. The highest BCUT2D eigenvalue weighted by molar-refractivity contribution is 6.50. The molecule has 0 aromatic heterocycles. The second-order valence-corrected chi connectivity index (χ2v) is 4.17. The van der Waals surface area contributed by atoms with E-state index in [-0.39, 0.29) is 0 Å². The molecule has 0 aliphatic heterocycles. The molecule has 16 heavy (non-hydrogen) atoms. The standard InChI is InChI=1S/C12H19BN.C2H6/c1-10(2)14(11(3)4)13-12-8-6-5-7-9-12;1-2/h5-11H,1-4H3;1-2H3. The van der Waals surface area contributed by atoms with Crippen molar-refractivity contribution in [3.8, 4) is 0 Å². The number of nitrogens with zero attached hydrogens (tertiary/aromatic N) is 1. The molecule has 0 fully saturated rings. The lowest BCUT2D eigenvalue weighted by molar-refractivity contribution is 0.315. The Bertz CT molecular complexity index is 249. The van der Waals surface area contributed by atoms with Crippen molar-refractivity contribution in [2.75, 3.05) is 0 Å². The Kier molecular flexibility index (Phi) is 8.01. The van der Waals surface area contributed by atoms with Gasteiger partial charge in [0, 0.05) is 0 Å². The minimum atomic E-state index is 0.551. The van der Waals surface area contributed by atoms with E-state index in [0.29, 0.717) is 12.1 Å². The normalized spacial score (nSPS) is 10.3. The molecule has 0 N–H and O–H groups in total. The van der Waals surface area contributed by atoms with Crippen LogP contribution in [0.4, 0.5) is 0 Å². The molecule has 0 saturated heterocycles. The van der Waals surface area contributed by atoms with Crippen LogP contribution in [0, 0.1) is 0 Å². The summed E-state index contributed by atoms with van der Waals surface area (Å²) in [5, 5.41) is 0. The van der Waals surface area contributed by atoms with Crippen LogP contribution < -0.4 is 5.46 Å². The third-order valence-electron chi connectivity index (χ3n) is 2.29. The molecule has 0 spiro atoms. The van der Waals surface area contributed by atoms with Crippen LogP contribution in [0.5, 0.6) is 0 Å². The van der Waals surface area contributed by atoms with Gasteiger partial charge in [-0.05, 0) is 12.1 Å². The molecule has 0 unspecified atom stereocenters. The van der Waals surface area contributed by atoms with Gasteiger partial charge in [-0.15, -0.1) is 0 Å². The Morgan fingerprint density at radius 3 is 1.69 bits per heavy atom. The molecule has 0 aliphatic rings. The van der Waals surface area contributed by atoms with Crippen LogP contribution in [0.25, 0.3) is 0 Å². The van der Waals surface area contributed by atoms with Crippen molar-refractivity contribution < 1.29 is 0 Å². The van der Waals surface area contributed by atoms with Crippen LogP contribution in [0.3, 0.4) is 0 Å². The zero-order chi connectivity index (χ0) is 12.6. The van der Waals surface area contributed by atoms with Gasteiger partial charge in [0.2, 0.25) is 7.41 Å². The van der Waals surface area contributed by atoms with E-state index in [9.17, 15) is 0 Å². The molecule has 89 valence electrons. The van der Waals surface area contributed by atoms with Crippen LogP contribution >= 0.6 is 0 Å². The highest BCUT2D eigenvalue weighted by Crippen LogP contribution is 2.02. The number of rotatable bonds is 4. The Morgan fingerprint density at radius 2 is 1.31 bits per heavy atom. The van der Waals surface area contributed by atoms with Crippen molar-refractivity contribution in [1.82, 2.24) is 4.81 Å². The van der Waals surface area contributed by atoms with Gasteiger partial charge in [0.25, 0.3) is 0 Å². The van der Waals surface area contributed by atoms with Crippen molar-refractivity contribution in [3.05, 3.63) is 30.3 Å². The van der Waals surface area contributed by atoms with Crippen molar-refractivity contribution in [1.29, 1.82) is 0 Å². The maximum Gasteiger partial charge on any atom is 0.248 e. The second-order valence-electron chi connectivity index (χ2n) is 4.17. The summed E-state index contributed by atoms with van der Waals surface area (Å²) in [6.45, 7) is 12.9. The van der Waals surface area contributed by atoms with E-state index < -0.39 is 0 Å². The fourth-order valence-corrected chi connectivity index (χ4v) is 1.61. The minimum Gasteiger partial charge on any atom is -0.338 e. The smallest absolute Gasteiger partial charge is 0.248 e. The predicted octanol–water partition coefficient (Wildman–Crippen LogP) is 3.08. The van der Waals surface area contributed by atoms with Crippen molar-refractivity contribution >= 4 is 12.9 Å². The number of benzene rings is 1. The van der Waals surface area contributed by atoms with Crippen molar-refractivity contribution in [2.24, 2.45) is 0 Å². The lowest BCUT2D eigenvalue weighted by Gasteiger charge is -2.30. The van der Waals surface area contributed by atoms with Crippen LogP contribution in [0.2, 0.25) is 0 Å². The molecular formula is C14H25BN. The summed E-state index contributed by atoms with van der Waals surface area (Å²) >= 11 is 0. The molecule has 2 heteroatoms. The summed E-state index contributed by atoms with van der Waals surface area (Å²) in [6, 6.07) is 11.6. The van der Waals surface area contributed by atoms with Gasteiger partial charge in [-0.3, -0.25) is 0 Å². The SMILES string of the molecule is CC.CC(C)N([B]c1ccccc1)C(C)C. The van der Waals surface area contributed by atoms with Crippen LogP contribution in [-0.4, -0.2) is 24.3 Å². The van der Waals surface area contributed by atoms with E-state index in [4.69, 9.17) is 0 Å². The first kappa shape index (κ1) is 15.2. The van der Waals surface area contributed by atoms with E-state index in [0.717, 1.165) is 0 Å². The van der Waals surface area contributed by atoms with Crippen molar-refractivity contribution in [2.45, 2.75) is 53.6 Å². The first-order valence-electron chi connectivity index (χ1n) is 6.28. The summed E-state index contributed by atoms with van der Waals surface area (Å²) in [6.07, 6.45) is 0. The fraction of sp³-hybridized carbons (Fsp3) is 0.571. The highest BCUT2D eigenvalue weighted by atomic mass is 15.1. The highest BCUT2D eigenvalue weighted by Gasteiger charge is 2.14. The molecule has 1 aromatic carbocycles. The maximum atomic E-state index is 2.37. The van der Waals surface area contributed by atoms with Crippen LogP contribution in [0.15, 0.2) is 30.3 Å². The molecule has 1 rings (SSSR count). The molecule has 0 heterocycles. The van der Waals surface area contributed by atoms with Gasteiger partial charge >= 0.3 is 0 Å². The molecule has 0 aliphatic carbocycles. The molecule has 1 aromatic rings. The topological polar surface area (TPSA) is 3.24 Å². The number of hydrogen-bond acceptors (Lipinski definition) is 1. The third-order valence-corrected chi connectivity index (χ3v) is 2.29. The molecule has 1 radical (unpaired) electrons. The Balaban J connectivity index is 0.00000106. The molecule has 1 nitrogen and oxygen atoms in total.